The number of aromatic nitrogens is 1. The van der Waals surface area contributed by atoms with Crippen LogP contribution in [0.25, 0.3) is 21.3 Å². The number of β-amino-alcohol motifs (C(OH)–C–C–N with tert-alkyl or cyclic N) is 1. The zero-order chi connectivity index (χ0) is 24.9. The maximum atomic E-state index is 12.7. The Balaban J connectivity index is 1.05. The number of carbonyl (C=O) groups is 1. The average Bonchev–Trinajstić information content (AvgIpc) is 3.28. The van der Waals surface area contributed by atoms with Crippen LogP contribution >= 0.6 is 11.3 Å². The van der Waals surface area contributed by atoms with Gasteiger partial charge in [0.05, 0.1) is 15.2 Å². The number of aryl methyl sites for hydroxylation is 1. The lowest BCUT2D eigenvalue weighted by atomic mass is 10.0. The molecule has 0 unspecified atom stereocenters. The molecule has 1 amide bonds. The lowest BCUT2D eigenvalue weighted by Gasteiger charge is -2.35. The largest absolute Gasteiger partial charge is 0.491 e. The Bertz CT molecular complexity index is 1300. The number of hydrazine groups is 1. The Hall–Kier alpha value is -3.30. The summed E-state index contributed by atoms with van der Waals surface area (Å²) < 4.78 is 6.94. The molecular weight excluding hydrogens is 472 g/mol. The van der Waals surface area contributed by atoms with Crippen LogP contribution in [0, 0.1) is 6.92 Å². The molecule has 0 spiro atoms. The predicted octanol–water partition coefficient (Wildman–Crippen LogP) is 3.97. The first-order valence-corrected chi connectivity index (χ1v) is 13.0. The summed E-state index contributed by atoms with van der Waals surface area (Å²) in [5.41, 5.74) is 6.78. The standard InChI is InChI=1S/C28H30N4O3S/c1-20-29-26-17-25(11-12-27(26)36-20)35-19-24(33)18-31-13-15-32(16-14-31)30-28(34)23-9-7-22(8-10-23)21-5-3-2-4-6-21/h2-12,17,24,33H,13-16,18-19H2,1H3,(H,30,34)/t24-/m1/s1. The zero-order valence-corrected chi connectivity index (χ0v) is 21.1. The highest BCUT2D eigenvalue weighted by atomic mass is 32.1. The lowest BCUT2D eigenvalue weighted by Crippen LogP contribution is -2.54. The van der Waals surface area contributed by atoms with Crippen LogP contribution in [0.1, 0.15) is 15.4 Å². The highest BCUT2D eigenvalue weighted by molar-refractivity contribution is 7.18. The van der Waals surface area contributed by atoms with Gasteiger partial charge in [-0.1, -0.05) is 42.5 Å². The minimum absolute atomic E-state index is 0.108. The van der Waals surface area contributed by atoms with Gasteiger partial charge in [-0.25, -0.2) is 9.99 Å². The van der Waals surface area contributed by atoms with Crippen LogP contribution in [0.3, 0.4) is 0 Å². The van der Waals surface area contributed by atoms with Crippen LogP contribution < -0.4 is 10.2 Å². The first-order chi connectivity index (χ1) is 17.5. The first-order valence-electron chi connectivity index (χ1n) is 12.2. The number of thiazole rings is 1. The van der Waals surface area contributed by atoms with E-state index < -0.39 is 6.10 Å². The molecule has 0 saturated carbocycles. The Kier molecular flexibility index (Phi) is 7.58. The minimum atomic E-state index is -0.595. The van der Waals surface area contributed by atoms with Gasteiger partial charge in [0.25, 0.3) is 5.91 Å². The number of aliphatic hydroxyl groups is 1. The van der Waals surface area contributed by atoms with Crippen molar-refractivity contribution >= 4 is 27.5 Å². The van der Waals surface area contributed by atoms with E-state index in [-0.39, 0.29) is 12.5 Å². The maximum Gasteiger partial charge on any atom is 0.265 e. The van der Waals surface area contributed by atoms with Gasteiger partial charge in [0.2, 0.25) is 0 Å². The molecule has 1 aliphatic rings. The molecule has 186 valence electrons. The SMILES string of the molecule is Cc1nc2cc(OC[C@H](O)CN3CCN(NC(=O)c4ccc(-c5ccccc5)cc4)CC3)ccc2s1. The molecule has 1 aromatic heterocycles. The second-order valence-electron chi connectivity index (χ2n) is 9.00. The van der Waals surface area contributed by atoms with Gasteiger partial charge in [-0.15, -0.1) is 11.3 Å². The molecule has 1 aliphatic heterocycles. The fourth-order valence-electron chi connectivity index (χ4n) is 4.35. The summed E-state index contributed by atoms with van der Waals surface area (Å²) in [7, 11) is 0. The molecule has 8 heteroatoms. The number of hydrogen-bond donors (Lipinski definition) is 2. The number of nitrogens with zero attached hydrogens (tertiary/aromatic N) is 3. The number of aliphatic hydroxyl groups excluding tert-OH is 1. The minimum Gasteiger partial charge on any atom is -0.491 e. The first kappa shape index (κ1) is 24.4. The Morgan fingerprint density at radius 2 is 1.75 bits per heavy atom. The van der Waals surface area contributed by atoms with E-state index in [0.717, 1.165) is 45.2 Å². The third-order valence-corrected chi connectivity index (χ3v) is 7.22. The van der Waals surface area contributed by atoms with E-state index in [4.69, 9.17) is 4.74 Å². The number of hydrogen-bond acceptors (Lipinski definition) is 7. The molecule has 1 atom stereocenters. The van der Waals surface area contributed by atoms with Gasteiger partial charge < -0.3 is 9.84 Å². The van der Waals surface area contributed by atoms with E-state index in [0.29, 0.717) is 25.2 Å². The summed E-state index contributed by atoms with van der Waals surface area (Å²) in [6, 6.07) is 23.6. The van der Waals surface area contributed by atoms with Gasteiger partial charge in [-0.3, -0.25) is 15.1 Å². The summed E-state index contributed by atoms with van der Waals surface area (Å²) in [5, 5.41) is 13.4. The second-order valence-corrected chi connectivity index (χ2v) is 10.2. The monoisotopic (exact) mass is 502 g/mol. The molecule has 2 heterocycles. The van der Waals surface area contributed by atoms with Gasteiger partial charge in [0.1, 0.15) is 18.5 Å². The van der Waals surface area contributed by atoms with Crippen molar-refractivity contribution in [2.45, 2.75) is 13.0 Å². The van der Waals surface area contributed by atoms with Crippen LogP contribution in [0.2, 0.25) is 0 Å². The number of benzene rings is 3. The fourth-order valence-corrected chi connectivity index (χ4v) is 5.16. The number of piperazine rings is 1. The van der Waals surface area contributed by atoms with Gasteiger partial charge in [0, 0.05) is 44.4 Å². The van der Waals surface area contributed by atoms with Crippen molar-refractivity contribution in [1.82, 2.24) is 20.3 Å². The summed E-state index contributed by atoms with van der Waals surface area (Å²) in [5.74, 6) is 0.611. The van der Waals surface area contributed by atoms with Crippen molar-refractivity contribution in [2.24, 2.45) is 0 Å². The molecule has 4 aromatic rings. The summed E-state index contributed by atoms with van der Waals surface area (Å²) in [6.45, 7) is 5.65. The molecule has 1 fully saturated rings. The van der Waals surface area contributed by atoms with E-state index in [2.05, 4.69) is 27.4 Å². The van der Waals surface area contributed by atoms with Crippen LogP contribution in [-0.2, 0) is 0 Å². The third-order valence-electron chi connectivity index (χ3n) is 6.26. The molecule has 3 aromatic carbocycles. The molecule has 1 saturated heterocycles. The van der Waals surface area contributed by atoms with Crippen molar-refractivity contribution < 1.29 is 14.6 Å². The smallest absolute Gasteiger partial charge is 0.265 e. The van der Waals surface area contributed by atoms with Gasteiger partial charge in [-0.05, 0) is 42.3 Å². The number of fused-ring (bicyclic) bond motifs is 1. The van der Waals surface area contributed by atoms with Crippen molar-refractivity contribution in [3.05, 3.63) is 83.4 Å². The number of amides is 1. The van der Waals surface area contributed by atoms with Crippen LogP contribution in [0.4, 0.5) is 0 Å². The van der Waals surface area contributed by atoms with Crippen molar-refractivity contribution in [3.63, 3.8) is 0 Å². The summed E-state index contributed by atoms with van der Waals surface area (Å²) in [6.07, 6.45) is -0.595. The van der Waals surface area contributed by atoms with Gasteiger partial charge in [-0.2, -0.15) is 0 Å². The lowest BCUT2D eigenvalue weighted by molar-refractivity contribution is 0.0317. The second kappa shape index (κ2) is 11.2. The molecule has 0 aliphatic carbocycles. The van der Waals surface area contributed by atoms with Crippen molar-refractivity contribution in [2.75, 3.05) is 39.3 Å². The molecule has 0 bridgehead atoms. The summed E-state index contributed by atoms with van der Waals surface area (Å²) >= 11 is 1.66. The van der Waals surface area contributed by atoms with Crippen LogP contribution in [0.15, 0.2) is 72.8 Å². The Labute approximate surface area is 214 Å². The van der Waals surface area contributed by atoms with Crippen molar-refractivity contribution in [3.8, 4) is 16.9 Å². The number of rotatable bonds is 8. The molecular formula is C28H30N4O3S. The summed E-state index contributed by atoms with van der Waals surface area (Å²) in [4.78, 5) is 19.4. The Morgan fingerprint density at radius 3 is 2.50 bits per heavy atom. The quantitative estimate of drug-likeness (QED) is 0.380. The number of nitrogens with one attached hydrogen (secondary N) is 1. The van der Waals surface area contributed by atoms with Gasteiger partial charge in [0.15, 0.2) is 0 Å². The third kappa shape index (κ3) is 6.09. The molecule has 5 rings (SSSR count). The Morgan fingerprint density at radius 1 is 1.03 bits per heavy atom. The van der Waals surface area contributed by atoms with E-state index in [1.165, 1.54) is 0 Å². The highest BCUT2D eigenvalue weighted by Crippen LogP contribution is 2.25. The van der Waals surface area contributed by atoms with Gasteiger partial charge >= 0.3 is 0 Å². The van der Waals surface area contributed by atoms with Crippen LogP contribution in [-0.4, -0.2) is 71.3 Å². The molecule has 0 radical (unpaired) electrons. The highest BCUT2D eigenvalue weighted by Gasteiger charge is 2.21. The molecule has 36 heavy (non-hydrogen) atoms. The van der Waals surface area contributed by atoms with Crippen molar-refractivity contribution in [1.29, 1.82) is 0 Å². The van der Waals surface area contributed by atoms with E-state index in [1.807, 2.05) is 72.6 Å². The van der Waals surface area contributed by atoms with E-state index in [1.54, 1.807) is 11.3 Å². The average molecular weight is 503 g/mol. The fraction of sp³-hybridized carbons (Fsp3) is 0.286. The topological polar surface area (TPSA) is 77.9 Å². The van der Waals surface area contributed by atoms with E-state index >= 15 is 0 Å². The van der Waals surface area contributed by atoms with E-state index in [9.17, 15) is 9.90 Å². The normalized spacial score (nSPS) is 15.6. The number of ether oxygens (including phenoxy) is 1. The molecule has 7 nitrogen and oxygen atoms in total. The maximum absolute atomic E-state index is 12.7. The number of carbonyl (C=O) groups excluding carboxylic acids is 1. The van der Waals surface area contributed by atoms with Crippen LogP contribution in [0.5, 0.6) is 5.75 Å². The molecule has 2 N–H and O–H groups in total. The predicted molar refractivity (Wildman–Crippen MR) is 143 cm³/mol. The zero-order valence-electron chi connectivity index (χ0n) is 20.3.